The molecule has 0 saturated heterocycles. The van der Waals surface area contributed by atoms with Gasteiger partial charge in [-0.15, -0.1) is 0 Å². The van der Waals surface area contributed by atoms with E-state index in [-0.39, 0.29) is 0 Å². The zero-order chi connectivity index (χ0) is 15.2. The lowest BCUT2D eigenvalue weighted by Crippen LogP contribution is -2.12. The smallest absolute Gasteiger partial charge is 0.222 e. The lowest BCUT2D eigenvalue weighted by Gasteiger charge is -2.10. The third-order valence-corrected chi connectivity index (χ3v) is 3.52. The molecular weight excluding hydrogens is 262 g/mol. The predicted molar refractivity (Wildman–Crippen MR) is 85.8 cm³/mol. The van der Waals surface area contributed by atoms with Crippen molar-refractivity contribution >= 4 is 0 Å². The van der Waals surface area contributed by atoms with Crippen molar-refractivity contribution in [1.29, 1.82) is 0 Å². The van der Waals surface area contributed by atoms with Crippen molar-refractivity contribution in [3.63, 3.8) is 0 Å². The molecule has 0 saturated carbocycles. The van der Waals surface area contributed by atoms with Crippen LogP contribution in [0.25, 0.3) is 0 Å². The second-order valence-corrected chi connectivity index (χ2v) is 5.27. The standard InChI is InChI=1S/C17H25N3O/c1-5-7-14-8-10-15(11-9-14)21-17-16(12-18-6-2)13(3)19-20(17)4/h8-11,18H,5-7,12H2,1-4H3. The Bertz CT molecular complexity index is 572. The summed E-state index contributed by atoms with van der Waals surface area (Å²) in [5, 5.41) is 7.80. The minimum absolute atomic E-state index is 0.777. The van der Waals surface area contributed by atoms with Gasteiger partial charge < -0.3 is 10.1 Å². The molecule has 0 bridgehead atoms. The van der Waals surface area contributed by atoms with Gasteiger partial charge in [-0.25, -0.2) is 4.68 Å². The van der Waals surface area contributed by atoms with E-state index in [0.29, 0.717) is 0 Å². The zero-order valence-corrected chi connectivity index (χ0v) is 13.4. The summed E-state index contributed by atoms with van der Waals surface area (Å²) in [4.78, 5) is 0. The van der Waals surface area contributed by atoms with E-state index in [1.807, 2.05) is 30.8 Å². The molecule has 0 spiro atoms. The molecule has 2 rings (SSSR count). The third-order valence-electron chi connectivity index (χ3n) is 3.52. The maximum atomic E-state index is 6.05. The Morgan fingerprint density at radius 3 is 2.52 bits per heavy atom. The summed E-state index contributed by atoms with van der Waals surface area (Å²) in [5.74, 6) is 1.67. The Hall–Kier alpha value is -1.81. The number of benzene rings is 1. The number of hydrogen-bond donors (Lipinski definition) is 1. The molecular formula is C17H25N3O. The van der Waals surface area contributed by atoms with Crippen LogP contribution in [0.1, 0.15) is 37.1 Å². The molecule has 0 aliphatic heterocycles. The number of aryl methyl sites for hydroxylation is 3. The van der Waals surface area contributed by atoms with Crippen molar-refractivity contribution in [3.8, 4) is 11.6 Å². The molecule has 21 heavy (non-hydrogen) atoms. The van der Waals surface area contributed by atoms with Gasteiger partial charge >= 0.3 is 0 Å². The summed E-state index contributed by atoms with van der Waals surface area (Å²) in [6, 6.07) is 8.33. The largest absolute Gasteiger partial charge is 0.439 e. The van der Waals surface area contributed by atoms with Gasteiger partial charge in [0.2, 0.25) is 5.88 Å². The Morgan fingerprint density at radius 1 is 1.19 bits per heavy atom. The SMILES string of the molecule is CCCc1ccc(Oc2c(CNCC)c(C)nn2C)cc1. The fourth-order valence-electron chi connectivity index (χ4n) is 2.39. The van der Waals surface area contributed by atoms with E-state index in [9.17, 15) is 0 Å². The minimum Gasteiger partial charge on any atom is -0.439 e. The summed E-state index contributed by atoms with van der Waals surface area (Å²) >= 11 is 0. The molecule has 1 aromatic heterocycles. The lowest BCUT2D eigenvalue weighted by molar-refractivity contribution is 0.424. The summed E-state index contributed by atoms with van der Waals surface area (Å²) in [6.45, 7) is 8.01. The van der Waals surface area contributed by atoms with Crippen molar-refractivity contribution < 1.29 is 4.74 Å². The van der Waals surface area contributed by atoms with Crippen LogP contribution in [0, 0.1) is 6.92 Å². The molecule has 4 nitrogen and oxygen atoms in total. The monoisotopic (exact) mass is 287 g/mol. The fourth-order valence-corrected chi connectivity index (χ4v) is 2.39. The van der Waals surface area contributed by atoms with Gasteiger partial charge in [0.1, 0.15) is 5.75 Å². The molecule has 114 valence electrons. The van der Waals surface area contributed by atoms with Gasteiger partial charge in [-0.3, -0.25) is 0 Å². The molecule has 0 fully saturated rings. The highest BCUT2D eigenvalue weighted by Gasteiger charge is 2.14. The van der Waals surface area contributed by atoms with Crippen LogP contribution in [0.2, 0.25) is 0 Å². The molecule has 0 atom stereocenters. The minimum atomic E-state index is 0.777. The highest BCUT2D eigenvalue weighted by molar-refractivity contribution is 5.36. The van der Waals surface area contributed by atoms with Crippen molar-refractivity contribution in [2.45, 2.75) is 40.2 Å². The Morgan fingerprint density at radius 2 is 1.90 bits per heavy atom. The van der Waals surface area contributed by atoms with Gasteiger partial charge in [0.15, 0.2) is 0 Å². The normalized spacial score (nSPS) is 10.9. The van der Waals surface area contributed by atoms with Crippen LogP contribution in [0.4, 0.5) is 0 Å². The number of hydrogen-bond acceptors (Lipinski definition) is 3. The van der Waals surface area contributed by atoms with E-state index < -0.39 is 0 Å². The first-order chi connectivity index (χ1) is 10.2. The first-order valence-corrected chi connectivity index (χ1v) is 7.65. The van der Waals surface area contributed by atoms with Gasteiger partial charge in [0.25, 0.3) is 0 Å². The molecule has 0 amide bonds. The van der Waals surface area contributed by atoms with Crippen LogP contribution in [0.5, 0.6) is 11.6 Å². The van der Waals surface area contributed by atoms with Crippen molar-refractivity contribution in [2.24, 2.45) is 7.05 Å². The first-order valence-electron chi connectivity index (χ1n) is 7.65. The Kier molecular flexibility index (Phi) is 5.39. The second kappa shape index (κ2) is 7.27. The van der Waals surface area contributed by atoms with Crippen LogP contribution in [-0.4, -0.2) is 16.3 Å². The van der Waals surface area contributed by atoms with Gasteiger partial charge in [0, 0.05) is 13.6 Å². The summed E-state index contributed by atoms with van der Waals surface area (Å²) < 4.78 is 7.86. The van der Waals surface area contributed by atoms with Gasteiger partial charge in [-0.05, 0) is 37.6 Å². The maximum absolute atomic E-state index is 6.05. The number of rotatable bonds is 7. The lowest BCUT2D eigenvalue weighted by atomic mass is 10.1. The van der Waals surface area contributed by atoms with Crippen LogP contribution >= 0.6 is 0 Å². The van der Waals surface area contributed by atoms with Crippen LogP contribution < -0.4 is 10.1 Å². The molecule has 1 aromatic carbocycles. The molecule has 4 heteroatoms. The van der Waals surface area contributed by atoms with Crippen molar-refractivity contribution in [3.05, 3.63) is 41.1 Å². The quantitative estimate of drug-likeness (QED) is 0.846. The van der Waals surface area contributed by atoms with Gasteiger partial charge in [-0.2, -0.15) is 5.10 Å². The summed E-state index contributed by atoms with van der Waals surface area (Å²) in [7, 11) is 1.92. The zero-order valence-electron chi connectivity index (χ0n) is 13.4. The highest BCUT2D eigenvalue weighted by atomic mass is 16.5. The molecule has 0 radical (unpaired) electrons. The van der Waals surface area contributed by atoms with E-state index in [2.05, 4.69) is 36.4 Å². The van der Waals surface area contributed by atoms with Crippen molar-refractivity contribution in [1.82, 2.24) is 15.1 Å². The Balaban J connectivity index is 2.18. The second-order valence-electron chi connectivity index (χ2n) is 5.27. The number of aromatic nitrogens is 2. The van der Waals surface area contributed by atoms with E-state index in [4.69, 9.17) is 4.74 Å². The average molecular weight is 287 g/mol. The van der Waals surface area contributed by atoms with E-state index in [0.717, 1.165) is 48.8 Å². The summed E-state index contributed by atoms with van der Waals surface area (Å²) in [6.07, 6.45) is 2.27. The predicted octanol–water partition coefficient (Wildman–Crippen LogP) is 3.58. The maximum Gasteiger partial charge on any atom is 0.222 e. The van der Waals surface area contributed by atoms with E-state index in [1.54, 1.807) is 0 Å². The van der Waals surface area contributed by atoms with Crippen LogP contribution in [0.3, 0.4) is 0 Å². The number of nitrogens with one attached hydrogen (secondary N) is 1. The van der Waals surface area contributed by atoms with Gasteiger partial charge in [0.05, 0.1) is 11.3 Å². The number of ether oxygens (including phenoxy) is 1. The summed E-state index contributed by atoms with van der Waals surface area (Å²) in [5.41, 5.74) is 3.48. The topological polar surface area (TPSA) is 39.1 Å². The van der Waals surface area contributed by atoms with Crippen LogP contribution in [0.15, 0.2) is 24.3 Å². The van der Waals surface area contributed by atoms with E-state index in [1.165, 1.54) is 5.56 Å². The average Bonchev–Trinajstić information content (AvgIpc) is 2.73. The molecule has 0 aliphatic rings. The Labute approximate surface area is 127 Å². The highest BCUT2D eigenvalue weighted by Crippen LogP contribution is 2.27. The van der Waals surface area contributed by atoms with Crippen molar-refractivity contribution in [2.75, 3.05) is 6.54 Å². The first kappa shape index (κ1) is 15.6. The molecule has 1 N–H and O–H groups in total. The van der Waals surface area contributed by atoms with E-state index >= 15 is 0 Å². The molecule has 1 heterocycles. The molecule has 0 aliphatic carbocycles. The molecule has 0 unspecified atom stereocenters. The third kappa shape index (κ3) is 3.85. The molecule has 2 aromatic rings. The van der Waals surface area contributed by atoms with Crippen LogP contribution in [-0.2, 0) is 20.0 Å². The van der Waals surface area contributed by atoms with Gasteiger partial charge in [-0.1, -0.05) is 32.4 Å². The fraction of sp³-hybridized carbons (Fsp3) is 0.471. The number of nitrogens with zero attached hydrogens (tertiary/aromatic N) is 2.